The van der Waals surface area contributed by atoms with E-state index in [0.717, 1.165) is 5.69 Å². The maximum Gasteiger partial charge on any atom is 0.267 e. The van der Waals surface area contributed by atoms with Crippen LogP contribution in [0.5, 0.6) is 5.75 Å². The van der Waals surface area contributed by atoms with E-state index in [4.69, 9.17) is 4.74 Å². The molecule has 1 N–H and O–H groups in total. The lowest BCUT2D eigenvalue weighted by Crippen LogP contribution is -2.11. The highest BCUT2D eigenvalue weighted by Gasteiger charge is 2.16. The Hall–Kier alpha value is -3.06. The molecule has 0 unspecified atom stereocenters. The average molecular weight is 381 g/mol. The van der Waals surface area contributed by atoms with E-state index in [2.05, 4.69) is 15.3 Å². The van der Waals surface area contributed by atoms with Crippen molar-refractivity contribution in [2.24, 2.45) is 0 Å². The number of nitrogens with zero attached hydrogens (tertiary/aromatic N) is 2. The fourth-order valence-electron chi connectivity index (χ4n) is 2.41. The fourth-order valence-corrected chi connectivity index (χ4v) is 3.29. The molecular formula is C20H19N3O3S. The summed E-state index contributed by atoms with van der Waals surface area (Å²) in [6.07, 6.45) is 1.66. The monoisotopic (exact) mass is 381 g/mol. The van der Waals surface area contributed by atoms with E-state index in [9.17, 15) is 9.59 Å². The topological polar surface area (TPSA) is 81.2 Å². The second kappa shape index (κ2) is 8.09. The molecule has 27 heavy (non-hydrogen) atoms. The summed E-state index contributed by atoms with van der Waals surface area (Å²) in [4.78, 5) is 33.1. The number of thiazole rings is 1. The van der Waals surface area contributed by atoms with E-state index >= 15 is 0 Å². The maximum atomic E-state index is 12.6. The third-order valence-electron chi connectivity index (χ3n) is 3.82. The fraction of sp³-hybridized carbons (Fsp3) is 0.200. The molecule has 0 saturated heterocycles. The molecule has 0 fully saturated rings. The molecule has 0 aliphatic heterocycles. The molecule has 0 aliphatic rings. The first-order valence-corrected chi connectivity index (χ1v) is 9.18. The van der Waals surface area contributed by atoms with Crippen molar-refractivity contribution in [2.75, 3.05) is 5.32 Å². The Morgan fingerprint density at radius 1 is 1.19 bits per heavy atom. The smallest absolute Gasteiger partial charge is 0.267 e. The van der Waals surface area contributed by atoms with Crippen LogP contribution in [0.25, 0.3) is 0 Å². The van der Waals surface area contributed by atoms with Crippen LogP contribution in [0.4, 0.5) is 5.69 Å². The van der Waals surface area contributed by atoms with E-state index in [1.165, 1.54) is 18.3 Å². The largest absolute Gasteiger partial charge is 0.485 e. The summed E-state index contributed by atoms with van der Waals surface area (Å²) in [5.41, 5.74) is 2.68. The van der Waals surface area contributed by atoms with Gasteiger partial charge in [0.2, 0.25) is 0 Å². The van der Waals surface area contributed by atoms with Crippen LogP contribution < -0.4 is 10.1 Å². The van der Waals surface area contributed by atoms with E-state index < -0.39 is 0 Å². The molecule has 138 valence electrons. The number of ketones is 1. The Kier molecular flexibility index (Phi) is 5.61. The molecule has 0 aliphatic carbocycles. The van der Waals surface area contributed by atoms with Gasteiger partial charge in [0.1, 0.15) is 22.2 Å². The second-order valence-corrected chi connectivity index (χ2v) is 7.12. The Labute approximate surface area is 161 Å². The van der Waals surface area contributed by atoms with Gasteiger partial charge in [0.05, 0.1) is 11.9 Å². The lowest BCUT2D eigenvalue weighted by molar-refractivity contribution is 0.101. The highest BCUT2D eigenvalue weighted by molar-refractivity contribution is 7.13. The third kappa shape index (κ3) is 4.77. The van der Waals surface area contributed by atoms with Gasteiger partial charge in [-0.1, -0.05) is 12.1 Å². The molecule has 0 saturated carbocycles. The SMILES string of the molecule is CC(=O)c1cccc(NC(=O)c2sc(COc3ccc(C)nc3)nc2C)c1. The molecule has 0 bridgehead atoms. The molecule has 0 spiro atoms. The highest BCUT2D eigenvalue weighted by Crippen LogP contribution is 2.22. The van der Waals surface area contributed by atoms with Crippen molar-refractivity contribution in [1.29, 1.82) is 0 Å². The summed E-state index contributed by atoms with van der Waals surface area (Å²) in [5, 5.41) is 3.52. The third-order valence-corrected chi connectivity index (χ3v) is 4.95. The number of carbonyl (C=O) groups is 2. The normalized spacial score (nSPS) is 10.5. The van der Waals surface area contributed by atoms with Crippen LogP contribution in [-0.4, -0.2) is 21.7 Å². The number of ether oxygens (including phenoxy) is 1. The number of anilines is 1. The molecule has 0 radical (unpaired) electrons. The van der Waals surface area contributed by atoms with Crippen molar-refractivity contribution >= 4 is 28.7 Å². The number of hydrogen-bond donors (Lipinski definition) is 1. The van der Waals surface area contributed by atoms with Crippen LogP contribution in [0.15, 0.2) is 42.6 Å². The maximum absolute atomic E-state index is 12.6. The Bertz CT molecular complexity index is 980. The Morgan fingerprint density at radius 2 is 2.00 bits per heavy atom. The first kappa shape index (κ1) is 18.7. The van der Waals surface area contributed by atoms with E-state index in [1.54, 1.807) is 37.4 Å². The Morgan fingerprint density at radius 3 is 2.70 bits per heavy atom. The van der Waals surface area contributed by atoms with Crippen molar-refractivity contribution < 1.29 is 14.3 Å². The van der Waals surface area contributed by atoms with Gasteiger partial charge in [0.15, 0.2) is 5.78 Å². The highest BCUT2D eigenvalue weighted by atomic mass is 32.1. The molecule has 2 aromatic heterocycles. The molecule has 2 heterocycles. The van der Waals surface area contributed by atoms with Gasteiger partial charge in [0.25, 0.3) is 5.91 Å². The Balaban J connectivity index is 1.68. The van der Waals surface area contributed by atoms with Crippen LogP contribution >= 0.6 is 11.3 Å². The van der Waals surface area contributed by atoms with Crippen molar-refractivity contribution in [1.82, 2.24) is 9.97 Å². The minimum atomic E-state index is -0.256. The van der Waals surface area contributed by atoms with Crippen LogP contribution in [0, 0.1) is 13.8 Å². The van der Waals surface area contributed by atoms with Gasteiger partial charge in [-0.15, -0.1) is 11.3 Å². The molecule has 6 nitrogen and oxygen atoms in total. The number of Topliss-reactive ketones (excluding diaryl/α,β-unsaturated/α-hetero) is 1. The summed E-state index contributed by atoms with van der Waals surface area (Å²) in [6.45, 7) is 5.45. The summed E-state index contributed by atoms with van der Waals surface area (Å²) in [6, 6.07) is 10.6. The van der Waals surface area contributed by atoms with Crippen molar-refractivity contribution in [3.63, 3.8) is 0 Å². The number of carbonyl (C=O) groups excluding carboxylic acids is 2. The standard InChI is InChI=1S/C20H19N3O3S/c1-12-7-8-17(10-21-12)26-11-18-22-13(2)19(27-18)20(25)23-16-6-4-5-15(9-16)14(3)24/h4-10H,11H2,1-3H3,(H,23,25). The summed E-state index contributed by atoms with van der Waals surface area (Å²) in [7, 11) is 0. The first-order chi connectivity index (χ1) is 12.9. The zero-order valence-corrected chi connectivity index (χ0v) is 16.1. The number of hydrogen-bond acceptors (Lipinski definition) is 6. The zero-order chi connectivity index (χ0) is 19.4. The van der Waals surface area contributed by atoms with Crippen molar-refractivity contribution in [2.45, 2.75) is 27.4 Å². The quantitative estimate of drug-likeness (QED) is 0.648. The van der Waals surface area contributed by atoms with E-state index in [-0.39, 0.29) is 18.3 Å². The number of aromatic nitrogens is 2. The summed E-state index contributed by atoms with van der Waals surface area (Å²) < 4.78 is 5.67. The average Bonchev–Trinajstić information content (AvgIpc) is 3.02. The van der Waals surface area contributed by atoms with E-state index in [0.29, 0.717) is 32.6 Å². The number of aryl methyl sites for hydroxylation is 2. The zero-order valence-electron chi connectivity index (χ0n) is 15.3. The van der Waals surface area contributed by atoms with Crippen LogP contribution in [0.2, 0.25) is 0 Å². The van der Waals surface area contributed by atoms with Gasteiger partial charge >= 0.3 is 0 Å². The van der Waals surface area contributed by atoms with Gasteiger partial charge in [-0.05, 0) is 45.0 Å². The van der Waals surface area contributed by atoms with Crippen LogP contribution in [-0.2, 0) is 6.61 Å². The molecule has 3 aromatic rings. The molecule has 1 aromatic carbocycles. The first-order valence-electron chi connectivity index (χ1n) is 8.36. The lowest BCUT2D eigenvalue weighted by atomic mass is 10.1. The number of pyridine rings is 1. The molecular weight excluding hydrogens is 362 g/mol. The number of nitrogens with one attached hydrogen (secondary N) is 1. The molecule has 7 heteroatoms. The van der Waals surface area contributed by atoms with Gasteiger partial charge in [0, 0.05) is 16.9 Å². The van der Waals surface area contributed by atoms with Crippen molar-refractivity contribution in [3.8, 4) is 5.75 Å². The predicted octanol–water partition coefficient (Wildman–Crippen LogP) is 4.19. The molecule has 3 rings (SSSR count). The molecule has 0 atom stereocenters. The van der Waals surface area contributed by atoms with Gasteiger partial charge in [-0.2, -0.15) is 0 Å². The minimum absolute atomic E-state index is 0.0508. The number of benzene rings is 1. The predicted molar refractivity (Wildman–Crippen MR) is 105 cm³/mol. The van der Waals surface area contributed by atoms with Gasteiger partial charge in [-0.3, -0.25) is 14.6 Å². The van der Waals surface area contributed by atoms with Crippen LogP contribution in [0.3, 0.4) is 0 Å². The van der Waals surface area contributed by atoms with Crippen LogP contribution in [0.1, 0.15) is 43.3 Å². The van der Waals surface area contributed by atoms with E-state index in [1.807, 2.05) is 19.1 Å². The van der Waals surface area contributed by atoms with Crippen molar-refractivity contribution in [3.05, 3.63) is 69.4 Å². The summed E-state index contributed by atoms with van der Waals surface area (Å²) in [5.74, 6) is 0.347. The van der Waals surface area contributed by atoms with Gasteiger partial charge in [-0.25, -0.2) is 4.98 Å². The molecule has 1 amide bonds. The second-order valence-electron chi connectivity index (χ2n) is 6.04. The minimum Gasteiger partial charge on any atom is -0.485 e. The number of rotatable bonds is 6. The number of amides is 1. The lowest BCUT2D eigenvalue weighted by Gasteiger charge is -2.05. The van der Waals surface area contributed by atoms with Gasteiger partial charge < -0.3 is 10.1 Å². The summed E-state index contributed by atoms with van der Waals surface area (Å²) >= 11 is 1.28.